The average molecular weight is 307 g/mol. The van der Waals surface area contributed by atoms with Gasteiger partial charge in [0.05, 0.1) is 7.11 Å². The van der Waals surface area contributed by atoms with Crippen LogP contribution in [-0.2, 0) is 20.9 Å². The van der Waals surface area contributed by atoms with Gasteiger partial charge >= 0.3 is 12.1 Å². The lowest BCUT2D eigenvalue weighted by molar-refractivity contribution is -0.154. The third-order valence-electron chi connectivity index (χ3n) is 3.81. The van der Waals surface area contributed by atoms with E-state index in [1.54, 1.807) is 0 Å². The molecule has 0 bridgehead atoms. The number of benzene rings is 1. The monoisotopic (exact) mass is 307 g/mol. The molecule has 1 N–H and O–H groups in total. The number of aliphatic hydroxyl groups is 1. The molecule has 1 saturated heterocycles. The number of hydrogen-bond acceptors (Lipinski definition) is 5. The molecule has 120 valence electrons. The highest BCUT2D eigenvalue weighted by Gasteiger charge is 2.33. The molecule has 1 amide bonds. The molecular weight excluding hydrogens is 286 g/mol. The van der Waals surface area contributed by atoms with Gasteiger partial charge in [-0.3, -0.25) is 0 Å². The number of likely N-dealkylation sites (tertiary alicyclic amines) is 1. The SMILES string of the molecule is COC(=O)C(O)C1CCCN(C(=O)OCc2ccccc2)C1. The van der Waals surface area contributed by atoms with E-state index in [0.717, 1.165) is 12.0 Å². The van der Waals surface area contributed by atoms with Crippen LogP contribution in [0.25, 0.3) is 0 Å². The third kappa shape index (κ3) is 4.21. The van der Waals surface area contributed by atoms with Crippen molar-refractivity contribution in [3.05, 3.63) is 35.9 Å². The number of methoxy groups -OCH3 is 1. The molecule has 22 heavy (non-hydrogen) atoms. The van der Waals surface area contributed by atoms with E-state index in [1.165, 1.54) is 12.0 Å². The molecule has 1 aromatic carbocycles. The van der Waals surface area contributed by atoms with Crippen LogP contribution in [0.1, 0.15) is 18.4 Å². The molecule has 6 heteroatoms. The number of piperidine rings is 1. The Morgan fingerprint density at radius 2 is 2.09 bits per heavy atom. The fraction of sp³-hybridized carbons (Fsp3) is 0.500. The Hall–Kier alpha value is -2.08. The lowest BCUT2D eigenvalue weighted by Crippen LogP contribution is -2.46. The molecule has 2 rings (SSSR count). The van der Waals surface area contributed by atoms with Crippen LogP contribution in [-0.4, -0.2) is 48.4 Å². The first-order chi connectivity index (χ1) is 10.6. The maximum Gasteiger partial charge on any atom is 0.410 e. The summed E-state index contributed by atoms with van der Waals surface area (Å²) in [6, 6.07) is 9.43. The van der Waals surface area contributed by atoms with Crippen molar-refractivity contribution in [2.45, 2.75) is 25.6 Å². The molecule has 0 aliphatic carbocycles. The summed E-state index contributed by atoms with van der Waals surface area (Å²) >= 11 is 0. The van der Waals surface area contributed by atoms with Crippen molar-refractivity contribution in [2.75, 3.05) is 20.2 Å². The second-order valence-electron chi connectivity index (χ2n) is 5.36. The molecule has 0 aromatic heterocycles. The summed E-state index contributed by atoms with van der Waals surface area (Å²) in [6.45, 7) is 1.07. The predicted octanol–water partition coefficient (Wildman–Crippen LogP) is 1.57. The number of ether oxygens (including phenoxy) is 2. The van der Waals surface area contributed by atoms with E-state index in [4.69, 9.17) is 4.74 Å². The summed E-state index contributed by atoms with van der Waals surface area (Å²) in [4.78, 5) is 25.0. The minimum Gasteiger partial charge on any atom is -0.467 e. The Kier molecular flexibility index (Phi) is 5.77. The summed E-state index contributed by atoms with van der Waals surface area (Å²) in [5, 5.41) is 9.90. The molecule has 1 heterocycles. The van der Waals surface area contributed by atoms with Gasteiger partial charge in [0.25, 0.3) is 0 Å². The van der Waals surface area contributed by atoms with Gasteiger partial charge in [0.1, 0.15) is 6.61 Å². The molecule has 1 fully saturated rings. The fourth-order valence-corrected chi connectivity index (χ4v) is 2.56. The summed E-state index contributed by atoms with van der Waals surface area (Å²) in [7, 11) is 1.24. The number of amides is 1. The minimum absolute atomic E-state index is 0.209. The molecule has 1 aliphatic rings. The quantitative estimate of drug-likeness (QED) is 0.855. The summed E-state index contributed by atoms with van der Waals surface area (Å²) in [5.74, 6) is -0.977. The van der Waals surface area contributed by atoms with Crippen LogP contribution in [0, 0.1) is 5.92 Å². The maximum absolute atomic E-state index is 12.1. The maximum atomic E-state index is 12.1. The number of esters is 1. The number of aliphatic hydroxyl groups excluding tert-OH is 1. The number of nitrogens with zero attached hydrogens (tertiary/aromatic N) is 1. The Morgan fingerprint density at radius 1 is 1.36 bits per heavy atom. The largest absolute Gasteiger partial charge is 0.467 e. The number of rotatable bonds is 4. The minimum atomic E-state index is -1.20. The molecule has 2 unspecified atom stereocenters. The van der Waals surface area contributed by atoms with Gasteiger partial charge in [0.15, 0.2) is 6.10 Å². The van der Waals surface area contributed by atoms with Crippen molar-refractivity contribution in [3.8, 4) is 0 Å². The van der Waals surface area contributed by atoms with Gasteiger partial charge in [-0.15, -0.1) is 0 Å². The second-order valence-corrected chi connectivity index (χ2v) is 5.36. The van der Waals surface area contributed by atoms with Crippen LogP contribution in [0.2, 0.25) is 0 Å². The van der Waals surface area contributed by atoms with E-state index < -0.39 is 18.2 Å². The van der Waals surface area contributed by atoms with Gasteiger partial charge in [-0.1, -0.05) is 30.3 Å². The van der Waals surface area contributed by atoms with E-state index in [9.17, 15) is 14.7 Å². The molecule has 1 aromatic rings. The molecule has 2 atom stereocenters. The number of hydrogen-bond donors (Lipinski definition) is 1. The average Bonchev–Trinajstić information content (AvgIpc) is 2.59. The molecule has 0 saturated carbocycles. The molecule has 1 aliphatic heterocycles. The van der Waals surface area contributed by atoms with Crippen molar-refractivity contribution >= 4 is 12.1 Å². The van der Waals surface area contributed by atoms with Crippen molar-refractivity contribution in [2.24, 2.45) is 5.92 Å². The summed E-state index contributed by atoms with van der Waals surface area (Å²) in [6.07, 6.45) is -0.224. The first-order valence-electron chi connectivity index (χ1n) is 7.33. The first kappa shape index (κ1) is 16.3. The van der Waals surface area contributed by atoms with Crippen molar-refractivity contribution in [1.29, 1.82) is 0 Å². The molecule has 6 nitrogen and oxygen atoms in total. The van der Waals surface area contributed by atoms with Gasteiger partial charge in [-0.25, -0.2) is 9.59 Å². The van der Waals surface area contributed by atoms with Gasteiger partial charge in [0, 0.05) is 19.0 Å². The van der Waals surface area contributed by atoms with Gasteiger partial charge in [-0.05, 0) is 18.4 Å². The lowest BCUT2D eigenvalue weighted by Gasteiger charge is -2.33. The smallest absolute Gasteiger partial charge is 0.410 e. The van der Waals surface area contributed by atoms with Crippen molar-refractivity contribution < 1.29 is 24.2 Å². The zero-order valence-corrected chi connectivity index (χ0v) is 12.6. The van der Waals surface area contributed by atoms with Crippen LogP contribution in [0.5, 0.6) is 0 Å². The Bertz CT molecular complexity index is 505. The highest BCUT2D eigenvalue weighted by molar-refractivity contribution is 5.75. The predicted molar refractivity (Wildman–Crippen MR) is 78.9 cm³/mol. The zero-order valence-electron chi connectivity index (χ0n) is 12.6. The van der Waals surface area contributed by atoms with Gasteiger partial charge < -0.3 is 19.5 Å². The third-order valence-corrected chi connectivity index (χ3v) is 3.81. The summed E-state index contributed by atoms with van der Waals surface area (Å²) in [5.41, 5.74) is 0.916. The van der Waals surface area contributed by atoms with Crippen LogP contribution in [0.4, 0.5) is 4.79 Å². The standard InChI is InChI=1S/C16H21NO5/c1-21-15(19)14(18)13-8-5-9-17(10-13)16(20)22-11-12-6-3-2-4-7-12/h2-4,6-7,13-14,18H,5,8-11H2,1H3. The Morgan fingerprint density at radius 3 is 2.77 bits per heavy atom. The van der Waals surface area contributed by atoms with Gasteiger partial charge in [0.2, 0.25) is 0 Å². The fourth-order valence-electron chi connectivity index (χ4n) is 2.56. The highest BCUT2D eigenvalue weighted by atomic mass is 16.6. The highest BCUT2D eigenvalue weighted by Crippen LogP contribution is 2.21. The van der Waals surface area contributed by atoms with Crippen LogP contribution in [0.3, 0.4) is 0 Å². The van der Waals surface area contributed by atoms with E-state index in [-0.39, 0.29) is 12.5 Å². The first-order valence-corrected chi connectivity index (χ1v) is 7.33. The molecule has 0 radical (unpaired) electrons. The molecular formula is C16H21NO5. The van der Waals surface area contributed by atoms with Crippen molar-refractivity contribution in [3.63, 3.8) is 0 Å². The van der Waals surface area contributed by atoms with E-state index in [2.05, 4.69) is 4.74 Å². The van der Waals surface area contributed by atoms with E-state index in [0.29, 0.717) is 19.5 Å². The lowest BCUT2D eigenvalue weighted by atomic mass is 9.93. The molecule has 0 spiro atoms. The van der Waals surface area contributed by atoms with Gasteiger partial charge in [-0.2, -0.15) is 0 Å². The Balaban J connectivity index is 1.86. The van der Waals surface area contributed by atoms with E-state index >= 15 is 0 Å². The number of carbonyl (C=O) groups excluding carboxylic acids is 2. The van der Waals surface area contributed by atoms with Crippen molar-refractivity contribution in [1.82, 2.24) is 4.90 Å². The summed E-state index contributed by atoms with van der Waals surface area (Å²) < 4.78 is 9.81. The number of carbonyl (C=O) groups is 2. The van der Waals surface area contributed by atoms with Crippen LogP contribution in [0.15, 0.2) is 30.3 Å². The Labute approximate surface area is 129 Å². The second kappa shape index (κ2) is 7.79. The van der Waals surface area contributed by atoms with Crippen LogP contribution < -0.4 is 0 Å². The normalized spacial score (nSPS) is 19.4. The zero-order chi connectivity index (χ0) is 15.9. The van der Waals surface area contributed by atoms with Crippen LogP contribution >= 0.6 is 0 Å². The topological polar surface area (TPSA) is 76.1 Å². The van der Waals surface area contributed by atoms with E-state index in [1.807, 2.05) is 30.3 Å².